The molecule has 80 valence electrons. The Morgan fingerprint density at radius 1 is 1.64 bits per heavy atom. The summed E-state index contributed by atoms with van der Waals surface area (Å²) in [6.45, 7) is 5.46. The molecule has 1 aliphatic rings. The highest BCUT2D eigenvalue weighted by atomic mass is 16.2. The van der Waals surface area contributed by atoms with Gasteiger partial charge in [-0.3, -0.25) is 9.59 Å². The van der Waals surface area contributed by atoms with Crippen molar-refractivity contribution in [3.8, 4) is 0 Å². The van der Waals surface area contributed by atoms with Crippen LogP contribution in [-0.2, 0) is 9.59 Å². The molecule has 4 nitrogen and oxygen atoms in total. The van der Waals surface area contributed by atoms with Crippen molar-refractivity contribution in [3.05, 3.63) is 0 Å². The van der Waals surface area contributed by atoms with Gasteiger partial charge in [0.25, 0.3) is 0 Å². The number of amides is 2. The fraction of sp³-hybridized carbons (Fsp3) is 0.800. The number of nitrogens with zero attached hydrogens (tertiary/aromatic N) is 1. The number of nitrogens with one attached hydrogen (secondary N) is 1. The number of carbonyl (C=O) groups excluding carboxylic acids is 2. The first-order chi connectivity index (χ1) is 6.65. The summed E-state index contributed by atoms with van der Waals surface area (Å²) in [5, 5.41) is 2.70. The lowest BCUT2D eigenvalue weighted by Crippen LogP contribution is -2.51. The van der Waals surface area contributed by atoms with Crippen LogP contribution in [0.2, 0.25) is 0 Å². The van der Waals surface area contributed by atoms with Crippen LogP contribution >= 0.6 is 0 Å². The van der Waals surface area contributed by atoms with Gasteiger partial charge >= 0.3 is 0 Å². The summed E-state index contributed by atoms with van der Waals surface area (Å²) in [6.07, 6.45) is 1.91. The zero-order chi connectivity index (χ0) is 10.6. The van der Waals surface area contributed by atoms with Crippen LogP contribution in [0, 0.1) is 5.92 Å². The van der Waals surface area contributed by atoms with E-state index in [9.17, 15) is 9.59 Å². The third-order valence-electron chi connectivity index (χ3n) is 2.49. The highest BCUT2D eigenvalue weighted by Crippen LogP contribution is 2.10. The SMILES string of the molecule is CCCC(C)C(=O)N1CCNC(=O)C1. The quantitative estimate of drug-likeness (QED) is 0.712. The van der Waals surface area contributed by atoms with Crippen LogP contribution < -0.4 is 5.32 Å². The monoisotopic (exact) mass is 198 g/mol. The van der Waals surface area contributed by atoms with Gasteiger partial charge in [-0.05, 0) is 6.42 Å². The van der Waals surface area contributed by atoms with Gasteiger partial charge in [-0.2, -0.15) is 0 Å². The largest absolute Gasteiger partial charge is 0.353 e. The van der Waals surface area contributed by atoms with Crippen LogP contribution in [0.3, 0.4) is 0 Å². The first-order valence-corrected chi connectivity index (χ1v) is 5.20. The number of carbonyl (C=O) groups is 2. The predicted molar refractivity (Wildman–Crippen MR) is 53.7 cm³/mol. The Bertz CT molecular complexity index is 228. The van der Waals surface area contributed by atoms with E-state index in [0.717, 1.165) is 12.8 Å². The van der Waals surface area contributed by atoms with Crippen LogP contribution in [0.1, 0.15) is 26.7 Å². The van der Waals surface area contributed by atoms with E-state index in [0.29, 0.717) is 13.1 Å². The van der Waals surface area contributed by atoms with Crippen LogP contribution in [0.25, 0.3) is 0 Å². The zero-order valence-corrected chi connectivity index (χ0v) is 8.88. The van der Waals surface area contributed by atoms with E-state index < -0.39 is 0 Å². The molecular formula is C10H18N2O2. The Morgan fingerprint density at radius 3 is 2.93 bits per heavy atom. The number of piperazine rings is 1. The summed E-state index contributed by atoms with van der Waals surface area (Å²) >= 11 is 0. The fourth-order valence-corrected chi connectivity index (χ4v) is 1.69. The molecule has 0 aliphatic carbocycles. The molecule has 0 saturated carbocycles. The zero-order valence-electron chi connectivity index (χ0n) is 8.88. The molecule has 4 heteroatoms. The molecule has 1 N–H and O–H groups in total. The second-order valence-electron chi connectivity index (χ2n) is 3.80. The summed E-state index contributed by atoms with van der Waals surface area (Å²) in [6, 6.07) is 0. The van der Waals surface area contributed by atoms with E-state index in [1.807, 2.05) is 6.92 Å². The van der Waals surface area contributed by atoms with Crippen LogP contribution in [0.4, 0.5) is 0 Å². The van der Waals surface area contributed by atoms with Gasteiger partial charge in [0, 0.05) is 19.0 Å². The van der Waals surface area contributed by atoms with Crippen molar-refractivity contribution in [2.45, 2.75) is 26.7 Å². The molecule has 0 aromatic carbocycles. The van der Waals surface area contributed by atoms with E-state index in [1.165, 1.54) is 0 Å². The van der Waals surface area contributed by atoms with E-state index in [-0.39, 0.29) is 24.3 Å². The molecule has 1 aliphatic heterocycles. The third-order valence-corrected chi connectivity index (χ3v) is 2.49. The Hall–Kier alpha value is -1.06. The molecule has 0 spiro atoms. The summed E-state index contributed by atoms with van der Waals surface area (Å²) < 4.78 is 0. The Balaban J connectivity index is 2.46. The van der Waals surface area contributed by atoms with Crippen LogP contribution in [0.15, 0.2) is 0 Å². The molecule has 1 saturated heterocycles. The highest BCUT2D eigenvalue weighted by molar-refractivity contribution is 5.86. The fourth-order valence-electron chi connectivity index (χ4n) is 1.69. The molecule has 0 bridgehead atoms. The number of rotatable bonds is 3. The molecular weight excluding hydrogens is 180 g/mol. The van der Waals surface area contributed by atoms with Crippen molar-refractivity contribution in [1.29, 1.82) is 0 Å². The van der Waals surface area contributed by atoms with E-state index in [4.69, 9.17) is 0 Å². The van der Waals surface area contributed by atoms with Crippen molar-refractivity contribution in [3.63, 3.8) is 0 Å². The van der Waals surface area contributed by atoms with Crippen molar-refractivity contribution >= 4 is 11.8 Å². The van der Waals surface area contributed by atoms with Crippen molar-refractivity contribution in [2.75, 3.05) is 19.6 Å². The normalized spacial score (nSPS) is 19.0. The molecule has 14 heavy (non-hydrogen) atoms. The maximum absolute atomic E-state index is 11.8. The predicted octanol–water partition coefficient (Wildman–Crippen LogP) is 0.381. The standard InChI is InChI=1S/C10H18N2O2/c1-3-4-8(2)10(14)12-6-5-11-9(13)7-12/h8H,3-7H2,1-2H3,(H,11,13). The average molecular weight is 198 g/mol. The second kappa shape index (κ2) is 4.98. The molecule has 1 rings (SSSR count). The van der Waals surface area contributed by atoms with Gasteiger partial charge in [-0.1, -0.05) is 20.3 Å². The van der Waals surface area contributed by atoms with Gasteiger partial charge in [-0.15, -0.1) is 0 Å². The molecule has 1 atom stereocenters. The van der Waals surface area contributed by atoms with Crippen molar-refractivity contribution < 1.29 is 9.59 Å². The molecule has 1 heterocycles. The minimum absolute atomic E-state index is 0.0471. The molecule has 1 fully saturated rings. The van der Waals surface area contributed by atoms with E-state index >= 15 is 0 Å². The minimum Gasteiger partial charge on any atom is -0.353 e. The van der Waals surface area contributed by atoms with Gasteiger partial charge < -0.3 is 10.2 Å². The van der Waals surface area contributed by atoms with Crippen LogP contribution in [0.5, 0.6) is 0 Å². The van der Waals surface area contributed by atoms with E-state index in [1.54, 1.807) is 4.90 Å². The van der Waals surface area contributed by atoms with Crippen molar-refractivity contribution in [2.24, 2.45) is 5.92 Å². The Labute approximate surface area is 84.7 Å². The summed E-state index contributed by atoms with van der Waals surface area (Å²) in [4.78, 5) is 24.5. The van der Waals surface area contributed by atoms with Gasteiger partial charge in [0.1, 0.15) is 0 Å². The lowest BCUT2D eigenvalue weighted by molar-refractivity contribution is -0.141. The molecule has 0 aromatic rings. The molecule has 2 amide bonds. The number of hydrogen-bond acceptors (Lipinski definition) is 2. The Morgan fingerprint density at radius 2 is 2.36 bits per heavy atom. The molecule has 0 radical (unpaired) electrons. The summed E-state index contributed by atoms with van der Waals surface area (Å²) in [7, 11) is 0. The van der Waals surface area contributed by atoms with Gasteiger partial charge in [-0.25, -0.2) is 0 Å². The first kappa shape index (κ1) is 11.0. The third kappa shape index (κ3) is 2.72. The van der Waals surface area contributed by atoms with Gasteiger partial charge in [0.05, 0.1) is 6.54 Å². The topological polar surface area (TPSA) is 49.4 Å². The first-order valence-electron chi connectivity index (χ1n) is 5.20. The maximum Gasteiger partial charge on any atom is 0.239 e. The minimum atomic E-state index is -0.0479. The van der Waals surface area contributed by atoms with Gasteiger partial charge in [0.2, 0.25) is 11.8 Å². The lowest BCUT2D eigenvalue weighted by atomic mass is 10.0. The van der Waals surface area contributed by atoms with E-state index in [2.05, 4.69) is 12.2 Å². The molecule has 0 aromatic heterocycles. The van der Waals surface area contributed by atoms with Crippen molar-refractivity contribution in [1.82, 2.24) is 10.2 Å². The average Bonchev–Trinajstić information content (AvgIpc) is 2.17. The summed E-state index contributed by atoms with van der Waals surface area (Å²) in [5.41, 5.74) is 0. The Kier molecular flexibility index (Phi) is 3.92. The summed E-state index contributed by atoms with van der Waals surface area (Å²) in [5.74, 6) is 0.112. The van der Waals surface area contributed by atoms with Crippen LogP contribution in [-0.4, -0.2) is 36.3 Å². The lowest BCUT2D eigenvalue weighted by Gasteiger charge is -2.28. The highest BCUT2D eigenvalue weighted by Gasteiger charge is 2.24. The van der Waals surface area contributed by atoms with Gasteiger partial charge in [0.15, 0.2) is 0 Å². The molecule has 1 unspecified atom stereocenters. The smallest absolute Gasteiger partial charge is 0.239 e. The number of hydrogen-bond donors (Lipinski definition) is 1. The maximum atomic E-state index is 11.8. The second-order valence-corrected chi connectivity index (χ2v) is 3.80.